The van der Waals surface area contributed by atoms with E-state index in [1.54, 1.807) is 19.0 Å². The van der Waals surface area contributed by atoms with Gasteiger partial charge < -0.3 is 4.90 Å². The molecule has 3 nitrogen and oxygen atoms in total. The second-order valence-electron chi connectivity index (χ2n) is 6.00. The highest BCUT2D eigenvalue weighted by molar-refractivity contribution is 6.06. The highest BCUT2D eigenvalue weighted by Gasteiger charge is 2.37. The summed E-state index contributed by atoms with van der Waals surface area (Å²) in [6.07, 6.45) is 0.309. The van der Waals surface area contributed by atoms with Crippen molar-refractivity contribution in [1.82, 2.24) is 4.90 Å². The van der Waals surface area contributed by atoms with E-state index in [1.165, 1.54) is 0 Å². The Morgan fingerprint density at radius 3 is 2.57 bits per heavy atom. The lowest BCUT2D eigenvalue weighted by Crippen LogP contribution is -2.37. The fourth-order valence-corrected chi connectivity index (χ4v) is 3.35. The zero-order valence-electron chi connectivity index (χ0n) is 12.6. The summed E-state index contributed by atoms with van der Waals surface area (Å²) in [5.41, 5.74) is 1.81. The van der Waals surface area contributed by atoms with Crippen LogP contribution in [0.25, 0.3) is 10.8 Å². The minimum absolute atomic E-state index is 0.0365. The standard InChI is InChI=1S/C18H19NO2/c1-11-15(18(21)19(2)3)10-16(20)14-9-8-12-6-4-5-7-13(12)17(11)14/h4-9,11,15H,10H2,1-3H3/t11-,15+/m1/s1. The van der Waals surface area contributed by atoms with Crippen LogP contribution in [0.2, 0.25) is 0 Å². The molecule has 0 bridgehead atoms. The number of hydrogen-bond donors (Lipinski definition) is 0. The third-order valence-corrected chi connectivity index (χ3v) is 4.49. The minimum Gasteiger partial charge on any atom is -0.349 e. The summed E-state index contributed by atoms with van der Waals surface area (Å²) in [7, 11) is 3.50. The van der Waals surface area contributed by atoms with Gasteiger partial charge in [-0.1, -0.05) is 43.3 Å². The van der Waals surface area contributed by atoms with Crippen LogP contribution in [0.3, 0.4) is 0 Å². The first-order valence-corrected chi connectivity index (χ1v) is 7.26. The van der Waals surface area contributed by atoms with E-state index in [0.29, 0.717) is 6.42 Å². The Kier molecular flexibility index (Phi) is 3.28. The largest absolute Gasteiger partial charge is 0.349 e. The molecule has 0 saturated heterocycles. The maximum Gasteiger partial charge on any atom is 0.226 e. The van der Waals surface area contributed by atoms with E-state index in [-0.39, 0.29) is 23.5 Å². The summed E-state index contributed by atoms with van der Waals surface area (Å²) in [4.78, 5) is 26.4. The molecule has 0 saturated carbocycles. The summed E-state index contributed by atoms with van der Waals surface area (Å²) in [5, 5.41) is 2.21. The van der Waals surface area contributed by atoms with Crippen molar-refractivity contribution >= 4 is 22.5 Å². The molecule has 0 aromatic heterocycles. The number of Topliss-reactive ketones (excluding diaryl/α,β-unsaturated/α-hetero) is 1. The van der Waals surface area contributed by atoms with Crippen LogP contribution in [0.5, 0.6) is 0 Å². The first-order chi connectivity index (χ1) is 10.0. The van der Waals surface area contributed by atoms with Crippen molar-refractivity contribution < 1.29 is 9.59 Å². The molecule has 0 spiro atoms. The SMILES string of the molecule is C[C@H]1c2c(ccc3ccccc23)C(=O)C[C@@H]1C(=O)N(C)C. The molecule has 0 heterocycles. The molecule has 0 unspecified atom stereocenters. The first kappa shape index (κ1) is 13.8. The quantitative estimate of drug-likeness (QED) is 0.804. The summed E-state index contributed by atoms with van der Waals surface area (Å²) in [6.45, 7) is 2.06. The zero-order valence-corrected chi connectivity index (χ0v) is 12.6. The lowest BCUT2D eigenvalue weighted by molar-refractivity contribution is -0.133. The number of carbonyl (C=O) groups is 2. The summed E-state index contributed by atoms with van der Waals surface area (Å²) < 4.78 is 0. The second kappa shape index (κ2) is 4.99. The van der Waals surface area contributed by atoms with Gasteiger partial charge in [-0.25, -0.2) is 0 Å². The van der Waals surface area contributed by atoms with E-state index >= 15 is 0 Å². The lowest BCUT2D eigenvalue weighted by atomic mass is 9.73. The van der Waals surface area contributed by atoms with Crippen LogP contribution >= 0.6 is 0 Å². The average molecular weight is 281 g/mol. The Morgan fingerprint density at radius 2 is 1.86 bits per heavy atom. The van der Waals surface area contributed by atoms with Gasteiger partial charge in [-0.15, -0.1) is 0 Å². The highest BCUT2D eigenvalue weighted by Crippen LogP contribution is 2.40. The fourth-order valence-electron chi connectivity index (χ4n) is 3.35. The van der Waals surface area contributed by atoms with Crippen molar-refractivity contribution in [1.29, 1.82) is 0 Å². The maximum absolute atomic E-state index is 12.4. The smallest absolute Gasteiger partial charge is 0.226 e. The first-order valence-electron chi connectivity index (χ1n) is 7.26. The van der Waals surface area contributed by atoms with Crippen molar-refractivity contribution in [2.24, 2.45) is 5.92 Å². The normalized spacial score (nSPS) is 21.2. The molecular formula is C18H19NO2. The predicted molar refractivity (Wildman–Crippen MR) is 83.5 cm³/mol. The Hall–Kier alpha value is -2.16. The van der Waals surface area contributed by atoms with Crippen LogP contribution in [-0.2, 0) is 4.79 Å². The molecular weight excluding hydrogens is 262 g/mol. The molecule has 3 heteroatoms. The summed E-state index contributed by atoms with van der Waals surface area (Å²) >= 11 is 0. The third-order valence-electron chi connectivity index (χ3n) is 4.49. The topological polar surface area (TPSA) is 37.4 Å². The van der Waals surface area contributed by atoms with Crippen LogP contribution in [0, 0.1) is 5.92 Å². The zero-order chi connectivity index (χ0) is 15.1. The van der Waals surface area contributed by atoms with Crippen molar-refractivity contribution in [2.75, 3.05) is 14.1 Å². The number of benzene rings is 2. The monoisotopic (exact) mass is 281 g/mol. The van der Waals surface area contributed by atoms with Gasteiger partial charge in [-0.2, -0.15) is 0 Å². The van der Waals surface area contributed by atoms with E-state index in [9.17, 15) is 9.59 Å². The van der Waals surface area contributed by atoms with Crippen molar-refractivity contribution in [3.05, 3.63) is 47.5 Å². The number of hydrogen-bond acceptors (Lipinski definition) is 2. The molecule has 2 aromatic carbocycles. The lowest BCUT2D eigenvalue weighted by Gasteiger charge is -2.32. The molecule has 0 fully saturated rings. The number of nitrogens with zero attached hydrogens (tertiary/aromatic N) is 1. The van der Waals surface area contributed by atoms with Gasteiger partial charge in [0.05, 0.1) is 5.92 Å². The second-order valence-corrected chi connectivity index (χ2v) is 6.00. The summed E-state index contributed by atoms with van der Waals surface area (Å²) in [6, 6.07) is 12.0. The molecule has 0 N–H and O–H groups in total. The van der Waals surface area contributed by atoms with Gasteiger partial charge in [0.1, 0.15) is 0 Å². The van der Waals surface area contributed by atoms with E-state index in [1.807, 2.05) is 36.4 Å². The van der Waals surface area contributed by atoms with E-state index in [0.717, 1.165) is 21.9 Å². The van der Waals surface area contributed by atoms with Crippen molar-refractivity contribution in [2.45, 2.75) is 19.3 Å². The number of fused-ring (bicyclic) bond motifs is 3. The summed E-state index contributed by atoms with van der Waals surface area (Å²) in [5.74, 6) is -0.0898. The van der Waals surface area contributed by atoms with Gasteiger partial charge in [-0.3, -0.25) is 9.59 Å². The van der Waals surface area contributed by atoms with E-state index in [4.69, 9.17) is 0 Å². The molecule has 108 valence electrons. The Balaban J connectivity index is 2.20. The van der Waals surface area contributed by atoms with Gasteiger partial charge in [0, 0.05) is 26.1 Å². The Bertz CT molecular complexity index is 733. The molecule has 0 radical (unpaired) electrons. The Labute approximate surface area is 124 Å². The molecule has 0 aliphatic heterocycles. The Morgan fingerprint density at radius 1 is 1.14 bits per heavy atom. The van der Waals surface area contributed by atoms with Gasteiger partial charge in [0.2, 0.25) is 5.91 Å². The van der Waals surface area contributed by atoms with E-state index < -0.39 is 0 Å². The molecule has 1 aliphatic rings. The van der Waals surface area contributed by atoms with Gasteiger partial charge in [0.25, 0.3) is 0 Å². The molecule has 2 atom stereocenters. The fraction of sp³-hybridized carbons (Fsp3) is 0.333. The molecule has 1 aliphatic carbocycles. The third kappa shape index (κ3) is 2.13. The molecule has 1 amide bonds. The van der Waals surface area contributed by atoms with Crippen molar-refractivity contribution in [3.8, 4) is 0 Å². The van der Waals surface area contributed by atoms with Gasteiger partial charge >= 0.3 is 0 Å². The van der Waals surface area contributed by atoms with Crippen molar-refractivity contribution in [3.63, 3.8) is 0 Å². The maximum atomic E-state index is 12.4. The van der Waals surface area contributed by atoms with Gasteiger partial charge in [-0.05, 0) is 22.3 Å². The predicted octanol–water partition coefficient (Wildman–Crippen LogP) is 3.23. The molecule has 21 heavy (non-hydrogen) atoms. The molecule has 2 aromatic rings. The number of rotatable bonds is 1. The van der Waals surface area contributed by atoms with Crippen LogP contribution in [0.15, 0.2) is 36.4 Å². The van der Waals surface area contributed by atoms with E-state index in [2.05, 4.69) is 6.92 Å². The van der Waals surface area contributed by atoms with Crippen LogP contribution in [0.4, 0.5) is 0 Å². The minimum atomic E-state index is -0.259. The molecule has 3 rings (SSSR count). The number of carbonyl (C=O) groups excluding carboxylic acids is 2. The number of amides is 1. The van der Waals surface area contributed by atoms with Crippen LogP contribution in [0.1, 0.15) is 35.2 Å². The highest BCUT2D eigenvalue weighted by atomic mass is 16.2. The number of ketones is 1. The average Bonchev–Trinajstić information content (AvgIpc) is 2.49. The van der Waals surface area contributed by atoms with Gasteiger partial charge in [0.15, 0.2) is 5.78 Å². The van der Waals surface area contributed by atoms with Crippen LogP contribution in [-0.4, -0.2) is 30.7 Å². The van der Waals surface area contributed by atoms with Crippen LogP contribution < -0.4 is 0 Å².